The van der Waals surface area contributed by atoms with Crippen LogP contribution in [-0.4, -0.2) is 45.6 Å². The lowest BCUT2D eigenvalue weighted by Gasteiger charge is -2.26. The van der Waals surface area contributed by atoms with Gasteiger partial charge >= 0.3 is 0 Å². The van der Waals surface area contributed by atoms with Crippen molar-refractivity contribution in [2.75, 3.05) is 26.3 Å². The minimum atomic E-state index is -0.0896. The zero-order valence-electron chi connectivity index (χ0n) is 16.8. The van der Waals surface area contributed by atoms with Crippen LogP contribution in [0.15, 0.2) is 53.3 Å². The number of nitrogens with zero attached hydrogens (tertiary/aromatic N) is 4. The fraction of sp³-hybridized carbons (Fsp3) is 0.304. The van der Waals surface area contributed by atoms with Gasteiger partial charge < -0.3 is 9.30 Å². The monoisotopic (exact) mass is 388 g/mol. The molecule has 6 nitrogen and oxygen atoms in total. The van der Waals surface area contributed by atoms with Crippen molar-refractivity contribution < 1.29 is 4.74 Å². The molecule has 0 spiro atoms. The van der Waals surface area contributed by atoms with Gasteiger partial charge in [0.05, 0.1) is 24.6 Å². The van der Waals surface area contributed by atoms with Crippen molar-refractivity contribution in [1.29, 1.82) is 0 Å². The molecule has 4 aromatic rings. The van der Waals surface area contributed by atoms with Crippen LogP contribution in [0.4, 0.5) is 0 Å². The Balaban J connectivity index is 1.79. The average Bonchev–Trinajstić information content (AvgIpc) is 3.05. The summed E-state index contributed by atoms with van der Waals surface area (Å²) in [6, 6.07) is 16.1. The van der Waals surface area contributed by atoms with Crippen LogP contribution >= 0.6 is 0 Å². The first-order chi connectivity index (χ1) is 14.1. The van der Waals surface area contributed by atoms with E-state index < -0.39 is 0 Å². The highest BCUT2D eigenvalue weighted by Gasteiger charge is 2.21. The highest BCUT2D eigenvalue weighted by atomic mass is 16.5. The lowest BCUT2D eigenvalue weighted by Crippen LogP contribution is -2.36. The average molecular weight is 388 g/mol. The Morgan fingerprint density at radius 1 is 1.03 bits per heavy atom. The van der Waals surface area contributed by atoms with Gasteiger partial charge in [-0.2, -0.15) is 9.78 Å². The molecule has 6 heteroatoms. The Kier molecular flexibility index (Phi) is 4.45. The summed E-state index contributed by atoms with van der Waals surface area (Å²) in [5, 5.41) is 6.91. The molecule has 1 aliphatic rings. The molecule has 0 atom stereocenters. The topological polar surface area (TPSA) is 52.3 Å². The van der Waals surface area contributed by atoms with Gasteiger partial charge in [-0.25, -0.2) is 0 Å². The lowest BCUT2D eigenvalue weighted by molar-refractivity contribution is 0.0337. The van der Waals surface area contributed by atoms with Gasteiger partial charge in [0.15, 0.2) is 0 Å². The summed E-state index contributed by atoms with van der Waals surface area (Å²) in [5.41, 5.74) is 4.53. The van der Waals surface area contributed by atoms with Crippen molar-refractivity contribution in [3.05, 3.63) is 70.1 Å². The third-order valence-corrected chi connectivity index (χ3v) is 5.77. The van der Waals surface area contributed by atoms with Gasteiger partial charge in [-0.15, -0.1) is 0 Å². The van der Waals surface area contributed by atoms with Crippen molar-refractivity contribution >= 4 is 21.8 Å². The fourth-order valence-electron chi connectivity index (χ4n) is 4.19. The Morgan fingerprint density at radius 3 is 2.52 bits per heavy atom. The van der Waals surface area contributed by atoms with Crippen LogP contribution in [0.25, 0.3) is 27.5 Å². The Hall–Kier alpha value is -2.96. The largest absolute Gasteiger partial charge is 0.379 e. The summed E-state index contributed by atoms with van der Waals surface area (Å²) < 4.78 is 9.06. The molecule has 3 heterocycles. The molecule has 0 amide bonds. The second-order valence-electron chi connectivity index (χ2n) is 7.69. The van der Waals surface area contributed by atoms with E-state index in [0.717, 1.165) is 59.5 Å². The van der Waals surface area contributed by atoms with Crippen LogP contribution in [-0.2, 0) is 18.3 Å². The fourth-order valence-corrected chi connectivity index (χ4v) is 4.19. The first kappa shape index (κ1) is 18.1. The minimum Gasteiger partial charge on any atom is -0.379 e. The molecule has 0 saturated carbocycles. The molecule has 1 aliphatic heterocycles. The van der Waals surface area contributed by atoms with Crippen LogP contribution in [0.1, 0.15) is 11.3 Å². The van der Waals surface area contributed by atoms with Crippen molar-refractivity contribution in [3.8, 4) is 5.69 Å². The normalized spacial score (nSPS) is 15.4. The second-order valence-corrected chi connectivity index (χ2v) is 7.69. The molecule has 0 N–H and O–H groups in total. The van der Waals surface area contributed by atoms with E-state index in [1.807, 2.05) is 54.9 Å². The maximum Gasteiger partial charge on any atom is 0.296 e. The maximum absolute atomic E-state index is 13.5. The second kappa shape index (κ2) is 7.13. The quantitative estimate of drug-likeness (QED) is 0.541. The van der Waals surface area contributed by atoms with Gasteiger partial charge in [-0.1, -0.05) is 35.9 Å². The number of aromatic nitrogens is 3. The standard InChI is InChI=1S/C23H24N4O2/c1-16-7-9-17(10-8-16)27-23(28)22-21(18-5-3-4-6-20(18)25(22)2)19(24-27)15-26-11-13-29-14-12-26/h3-10H,11-15H2,1-2H3. The number of fused-ring (bicyclic) bond motifs is 3. The predicted molar refractivity (Wildman–Crippen MR) is 115 cm³/mol. The van der Waals surface area contributed by atoms with E-state index in [2.05, 4.69) is 17.0 Å². The van der Waals surface area contributed by atoms with Crippen molar-refractivity contribution in [1.82, 2.24) is 19.2 Å². The third-order valence-electron chi connectivity index (χ3n) is 5.77. The SMILES string of the molecule is Cc1ccc(-n2nc(CN3CCOCC3)c3c4ccccc4n(C)c3c2=O)cc1. The zero-order valence-corrected chi connectivity index (χ0v) is 16.8. The Morgan fingerprint density at radius 2 is 1.76 bits per heavy atom. The van der Waals surface area contributed by atoms with Gasteiger partial charge in [-0.3, -0.25) is 9.69 Å². The predicted octanol–water partition coefficient (Wildman–Crippen LogP) is 3.02. The molecule has 0 bridgehead atoms. The molecule has 2 aromatic heterocycles. The molecule has 1 fully saturated rings. The first-order valence-corrected chi connectivity index (χ1v) is 10.00. The summed E-state index contributed by atoms with van der Waals surface area (Å²) in [5.74, 6) is 0. The zero-order chi connectivity index (χ0) is 20.0. The summed E-state index contributed by atoms with van der Waals surface area (Å²) in [4.78, 5) is 15.8. The van der Waals surface area contributed by atoms with Gasteiger partial charge in [-0.05, 0) is 25.1 Å². The molecule has 148 valence electrons. The summed E-state index contributed by atoms with van der Waals surface area (Å²) in [6.07, 6.45) is 0. The molecular weight excluding hydrogens is 364 g/mol. The number of ether oxygens (including phenoxy) is 1. The molecule has 2 aromatic carbocycles. The van der Waals surface area contributed by atoms with E-state index in [-0.39, 0.29) is 5.56 Å². The number of para-hydroxylation sites is 1. The van der Waals surface area contributed by atoms with Crippen molar-refractivity contribution in [2.45, 2.75) is 13.5 Å². The summed E-state index contributed by atoms with van der Waals surface area (Å²) >= 11 is 0. The number of rotatable bonds is 3. The third kappa shape index (κ3) is 3.05. The van der Waals surface area contributed by atoms with E-state index in [9.17, 15) is 4.79 Å². The molecular formula is C23H24N4O2. The summed E-state index contributed by atoms with van der Waals surface area (Å²) in [6.45, 7) is 5.94. The molecule has 5 rings (SSSR count). The molecule has 0 radical (unpaired) electrons. The van der Waals surface area contributed by atoms with Crippen LogP contribution < -0.4 is 5.56 Å². The van der Waals surface area contributed by atoms with Crippen LogP contribution in [0.3, 0.4) is 0 Å². The van der Waals surface area contributed by atoms with Gasteiger partial charge in [0.1, 0.15) is 5.52 Å². The van der Waals surface area contributed by atoms with Crippen LogP contribution in [0.2, 0.25) is 0 Å². The maximum atomic E-state index is 13.5. The Labute approximate surface area is 168 Å². The van der Waals surface area contributed by atoms with Crippen LogP contribution in [0, 0.1) is 6.92 Å². The van der Waals surface area contributed by atoms with E-state index in [0.29, 0.717) is 12.1 Å². The van der Waals surface area contributed by atoms with E-state index in [1.54, 1.807) is 4.68 Å². The number of hydrogen-bond donors (Lipinski definition) is 0. The van der Waals surface area contributed by atoms with E-state index >= 15 is 0 Å². The Bertz CT molecular complexity index is 1250. The lowest BCUT2D eigenvalue weighted by atomic mass is 10.1. The number of morpholine rings is 1. The van der Waals surface area contributed by atoms with E-state index in [1.165, 1.54) is 0 Å². The highest BCUT2D eigenvalue weighted by Crippen LogP contribution is 2.29. The number of benzene rings is 2. The number of aryl methyl sites for hydroxylation is 2. The smallest absolute Gasteiger partial charge is 0.296 e. The molecule has 0 unspecified atom stereocenters. The van der Waals surface area contributed by atoms with Gasteiger partial charge in [0.2, 0.25) is 0 Å². The minimum absolute atomic E-state index is 0.0896. The molecule has 0 aliphatic carbocycles. The first-order valence-electron chi connectivity index (χ1n) is 10.00. The van der Waals surface area contributed by atoms with E-state index in [4.69, 9.17) is 9.84 Å². The van der Waals surface area contributed by atoms with Crippen molar-refractivity contribution in [3.63, 3.8) is 0 Å². The van der Waals surface area contributed by atoms with Crippen molar-refractivity contribution in [2.24, 2.45) is 7.05 Å². The van der Waals surface area contributed by atoms with Gasteiger partial charge in [0, 0.05) is 43.0 Å². The highest BCUT2D eigenvalue weighted by molar-refractivity contribution is 6.08. The summed E-state index contributed by atoms with van der Waals surface area (Å²) in [7, 11) is 1.96. The molecule has 29 heavy (non-hydrogen) atoms. The number of hydrogen-bond acceptors (Lipinski definition) is 4. The van der Waals surface area contributed by atoms with Gasteiger partial charge in [0.25, 0.3) is 5.56 Å². The molecule has 1 saturated heterocycles. The van der Waals surface area contributed by atoms with Crippen LogP contribution in [0.5, 0.6) is 0 Å².